The van der Waals surface area contributed by atoms with Crippen molar-refractivity contribution < 1.29 is 14.4 Å². The summed E-state index contributed by atoms with van der Waals surface area (Å²) in [5, 5.41) is 10.9. The molecule has 2 rings (SSSR count). The van der Waals surface area contributed by atoms with Gasteiger partial charge in [0.1, 0.15) is 12.2 Å². The Morgan fingerprint density at radius 3 is 2.82 bits per heavy atom. The second-order valence-electron chi connectivity index (χ2n) is 4.44. The highest BCUT2D eigenvalue weighted by Gasteiger charge is 2.40. The van der Waals surface area contributed by atoms with Crippen LogP contribution in [-0.4, -0.2) is 23.7 Å². The molecule has 0 saturated carbocycles. The fraction of sp³-hybridized carbons (Fsp3) is 0.500. The number of benzene rings is 1. The second kappa shape index (κ2) is 4.33. The molecule has 1 heterocycles. The molecule has 0 amide bonds. The first-order chi connectivity index (χ1) is 8.04. The molecule has 92 valence electrons. The SMILES string of the molecule is CCc1ccc(OCC2(C)CO2)c([N+](=O)[O-])c1. The highest BCUT2D eigenvalue weighted by atomic mass is 16.6. The molecule has 0 bridgehead atoms. The largest absolute Gasteiger partial charge is 0.484 e. The van der Waals surface area contributed by atoms with E-state index in [1.807, 2.05) is 19.9 Å². The Kier molecular flexibility index (Phi) is 3.02. The molecule has 0 N–H and O–H groups in total. The molecule has 5 heteroatoms. The molecule has 5 nitrogen and oxygen atoms in total. The normalized spacial score (nSPS) is 22.2. The first-order valence-corrected chi connectivity index (χ1v) is 5.58. The maximum Gasteiger partial charge on any atom is 0.311 e. The van der Waals surface area contributed by atoms with E-state index in [1.54, 1.807) is 12.1 Å². The van der Waals surface area contributed by atoms with E-state index in [0.29, 0.717) is 19.0 Å². The number of nitrogens with zero attached hydrogens (tertiary/aromatic N) is 1. The summed E-state index contributed by atoms with van der Waals surface area (Å²) in [5.41, 5.74) is 0.684. The second-order valence-corrected chi connectivity index (χ2v) is 4.44. The van der Waals surface area contributed by atoms with Crippen LogP contribution in [0.4, 0.5) is 5.69 Å². The third-order valence-electron chi connectivity index (χ3n) is 2.80. The van der Waals surface area contributed by atoms with Crippen molar-refractivity contribution in [2.45, 2.75) is 25.9 Å². The van der Waals surface area contributed by atoms with Crippen molar-refractivity contribution in [1.29, 1.82) is 0 Å². The Morgan fingerprint density at radius 1 is 1.59 bits per heavy atom. The molecule has 1 fully saturated rings. The van der Waals surface area contributed by atoms with Crippen LogP contribution in [0.3, 0.4) is 0 Å². The van der Waals surface area contributed by atoms with E-state index in [0.717, 1.165) is 12.0 Å². The molecule has 0 aromatic heterocycles. The van der Waals surface area contributed by atoms with E-state index in [1.165, 1.54) is 0 Å². The Labute approximate surface area is 99.5 Å². The van der Waals surface area contributed by atoms with E-state index < -0.39 is 4.92 Å². The predicted octanol–water partition coefficient (Wildman–Crippen LogP) is 2.32. The summed E-state index contributed by atoms with van der Waals surface area (Å²) in [5.74, 6) is 0.309. The third-order valence-corrected chi connectivity index (χ3v) is 2.80. The molecule has 1 unspecified atom stereocenters. The Bertz CT molecular complexity index is 440. The van der Waals surface area contributed by atoms with E-state index in [-0.39, 0.29) is 11.3 Å². The summed E-state index contributed by atoms with van der Waals surface area (Å²) < 4.78 is 10.6. The highest BCUT2D eigenvalue weighted by molar-refractivity contribution is 5.48. The van der Waals surface area contributed by atoms with Crippen LogP contribution < -0.4 is 4.74 Å². The average Bonchev–Trinajstić information content (AvgIpc) is 3.05. The third kappa shape index (κ3) is 2.74. The number of hydrogen-bond acceptors (Lipinski definition) is 4. The molecule has 1 aromatic carbocycles. The van der Waals surface area contributed by atoms with E-state index in [4.69, 9.17) is 9.47 Å². The van der Waals surface area contributed by atoms with Crippen molar-refractivity contribution in [3.8, 4) is 5.75 Å². The minimum absolute atomic E-state index is 0.0219. The lowest BCUT2D eigenvalue weighted by Gasteiger charge is -2.09. The first kappa shape index (κ1) is 11.9. The number of nitro groups is 1. The highest BCUT2D eigenvalue weighted by Crippen LogP contribution is 2.32. The molecular weight excluding hydrogens is 222 g/mol. The van der Waals surface area contributed by atoms with Gasteiger partial charge in [-0.1, -0.05) is 13.0 Å². The summed E-state index contributed by atoms with van der Waals surface area (Å²) >= 11 is 0. The lowest BCUT2D eigenvalue weighted by atomic mass is 10.1. The number of hydrogen-bond donors (Lipinski definition) is 0. The van der Waals surface area contributed by atoms with Gasteiger partial charge in [0.05, 0.1) is 11.5 Å². The van der Waals surface area contributed by atoms with Gasteiger partial charge >= 0.3 is 5.69 Å². The van der Waals surface area contributed by atoms with Gasteiger partial charge in [0, 0.05) is 6.07 Å². The van der Waals surface area contributed by atoms with Gasteiger partial charge in [-0.05, 0) is 25.0 Å². The fourth-order valence-electron chi connectivity index (χ4n) is 1.48. The molecular formula is C12H15NO4. The summed E-state index contributed by atoms with van der Waals surface area (Å²) in [6.45, 7) is 4.87. The summed E-state index contributed by atoms with van der Waals surface area (Å²) in [6, 6.07) is 5.06. The molecule has 1 saturated heterocycles. The number of nitro benzene ring substituents is 1. The average molecular weight is 237 g/mol. The Morgan fingerprint density at radius 2 is 2.29 bits per heavy atom. The van der Waals surface area contributed by atoms with Crippen LogP contribution in [-0.2, 0) is 11.2 Å². The summed E-state index contributed by atoms with van der Waals surface area (Å²) in [4.78, 5) is 10.5. The number of aryl methyl sites for hydroxylation is 1. The zero-order valence-corrected chi connectivity index (χ0v) is 9.93. The van der Waals surface area contributed by atoms with Crippen molar-refractivity contribution in [2.24, 2.45) is 0 Å². The van der Waals surface area contributed by atoms with Gasteiger partial charge in [-0.25, -0.2) is 0 Å². The zero-order chi connectivity index (χ0) is 12.5. The quantitative estimate of drug-likeness (QED) is 0.448. The van der Waals surface area contributed by atoms with Gasteiger partial charge in [-0.3, -0.25) is 10.1 Å². The maximum absolute atomic E-state index is 10.9. The predicted molar refractivity (Wildman–Crippen MR) is 62.3 cm³/mol. The lowest BCUT2D eigenvalue weighted by molar-refractivity contribution is -0.386. The molecule has 1 aliphatic heterocycles. The van der Waals surface area contributed by atoms with Crippen LogP contribution in [0.15, 0.2) is 18.2 Å². The lowest BCUT2D eigenvalue weighted by Crippen LogP contribution is -2.17. The van der Waals surface area contributed by atoms with Gasteiger partial charge in [0.2, 0.25) is 0 Å². The van der Waals surface area contributed by atoms with Crippen molar-refractivity contribution in [3.05, 3.63) is 33.9 Å². The Balaban J connectivity index is 2.16. The monoisotopic (exact) mass is 237 g/mol. The van der Waals surface area contributed by atoms with Gasteiger partial charge in [0.15, 0.2) is 5.75 Å². The van der Waals surface area contributed by atoms with Gasteiger partial charge in [0.25, 0.3) is 0 Å². The summed E-state index contributed by atoms with van der Waals surface area (Å²) in [6.07, 6.45) is 0.766. The van der Waals surface area contributed by atoms with Crippen LogP contribution in [0.2, 0.25) is 0 Å². The van der Waals surface area contributed by atoms with Crippen LogP contribution in [0.1, 0.15) is 19.4 Å². The van der Waals surface area contributed by atoms with Crippen LogP contribution in [0, 0.1) is 10.1 Å². The number of rotatable bonds is 5. The minimum Gasteiger partial charge on any atom is -0.484 e. The fourth-order valence-corrected chi connectivity index (χ4v) is 1.48. The van der Waals surface area contributed by atoms with Gasteiger partial charge in [-0.15, -0.1) is 0 Å². The Hall–Kier alpha value is -1.62. The molecule has 0 spiro atoms. The van der Waals surface area contributed by atoms with Gasteiger partial charge < -0.3 is 9.47 Å². The number of epoxide rings is 1. The van der Waals surface area contributed by atoms with Crippen molar-refractivity contribution in [3.63, 3.8) is 0 Å². The summed E-state index contributed by atoms with van der Waals surface area (Å²) in [7, 11) is 0. The standard InChI is InChI=1S/C12H15NO4/c1-3-9-4-5-11(10(6-9)13(14)15)16-7-12(2)8-17-12/h4-6H,3,7-8H2,1-2H3. The van der Waals surface area contributed by atoms with E-state index in [9.17, 15) is 10.1 Å². The first-order valence-electron chi connectivity index (χ1n) is 5.58. The molecule has 17 heavy (non-hydrogen) atoms. The molecule has 1 aliphatic rings. The van der Waals surface area contributed by atoms with E-state index >= 15 is 0 Å². The molecule has 1 atom stereocenters. The number of ether oxygens (including phenoxy) is 2. The topological polar surface area (TPSA) is 64.9 Å². The van der Waals surface area contributed by atoms with Crippen LogP contribution >= 0.6 is 0 Å². The van der Waals surface area contributed by atoms with Crippen molar-refractivity contribution >= 4 is 5.69 Å². The smallest absolute Gasteiger partial charge is 0.311 e. The van der Waals surface area contributed by atoms with Gasteiger partial charge in [-0.2, -0.15) is 0 Å². The van der Waals surface area contributed by atoms with Crippen molar-refractivity contribution in [1.82, 2.24) is 0 Å². The van der Waals surface area contributed by atoms with E-state index in [2.05, 4.69) is 0 Å². The maximum atomic E-state index is 10.9. The molecule has 0 aliphatic carbocycles. The molecule has 1 aromatic rings. The van der Waals surface area contributed by atoms with Crippen LogP contribution in [0.5, 0.6) is 5.75 Å². The molecule has 0 radical (unpaired) electrons. The minimum atomic E-state index is -0.412. The zero-order valence-electron chi connectivity index (χ0n) is 9.93. The van der Waals surface area contributed by atoms with Crippen LogP contribution in [0.25, 0.3) is 0 Å². The van der Waals surface area contributed by atoms with Crippen molar-refractivity contribution in [2.75, 3.05) is 13.2 Å².